The van der Waals surface area contributed by atoms with Crippen LogP contribution in [-0.4, -0.2) is 9.78 Å². The van der Waals surface area contributed by atoms with E-state index in [-0.39, 0.29) is 5.41 Å². The van der Waals surface area contributed by atoms with E-state index in [9.17, 15) is 0 Å². The van der Waals surface area contributed by atoms with Crippen LogP contribution in [0.15, 0.2) is 0 Å². The number of nitrogens with zero attached hydrogens (tertiary/aromatic N) is 2. The van der Waals surface area contributed by atoms with Gasteiger partial charge in [0, 0.05) is 18.3 Å². The minimum absolute atomic E-state index is 0.0857. The number of aromatic nitrogens is 2. The van der Waals surface area contributed by atoms with Crippen molar-refractivity contribution in [3.8, 4) is 0 Å². The minimum atomic E-state index is 0.0857. The molecule has 0 fully saturated rings. The van der Waals surface area contributed by atoms with Crippen molar-refractivity contribution in [3.63, 3.8) is 0 Å². The largest absolute Gasteiger partial charge is 0.382 e. The lowest BCUT2D eigenvalue weighted by atomic mass is 9.87. The van der Waals surface area contributed by atoms with Gasteiger partial charge in [0.25, 0.3) is 0 Å². The Bertz CT molecular complexity index is 291. The first kappa shape index (κ1) is 9.10. The van der Waals surface area contributed by atoms with Crippen LogP contribution in [0.2, 0.25) is 0 Å². The van der Waals surface area contributed by atoms with E-state index in [2.05, 4.69) is 25.9 Å². The molecule has 68 valence electrons. The Balaban J connectivity index is 3.32. The molecule has 12 heavy (non-hydrogen) atoms. The first-order chi connectivity index (χ1) is 5.34. The molecule has 0 saturated heterocycles. The van der Waals surface area contributed by atoms with Crippen LogP contribution in [0.1, 0.15) is 32.0 Å². The summed E-state index contributed by atoms with van der Waals surface area (Å²) in [5.41, 5.74) is 8.19. The fourth-order valence-corrected chi connectivity index (χ4v) is 1.56. The second kappa shape index (κ2) is 2.51. The third kappa shape index (κ3) is 1.31. The maximum Gasteiger partial charge on any atom is 0.149 e. The van der Waals surface area contributed by atoms with Gasteiger partial charge in [-0.1, -0.05) is 20.8 Å². The van der Waals surface area contributed by atoms with Gasteiger partial charge in [0.2, 0.25) is 0 Å². The lowest BCUT2D eigenvalue weighted by molar-refractivity contribution is 0.584. The number of anilines is 1. The van der Waals surface area contributed by atoms with Crippen molar-refractivity contribution in [1.29, 1.82) is 0 Å². The van der Waals surface area contributed by atoms with Gasteiger partial charge in [0.15, 0.2) is 0 Å². The Morgan fingerprint density at radius 1 is 1.33 bits per heavy atom. The van der Waals surface area contributed by atoms with Gasteiger partial charge >= 0.3 is 0 Å². The third-order valence-electron chi connectivity index (χ3n) is 2.11. The molecule has 3 heteroatoms. The molecule has 0 unspecified atom stereocenters. The second-order valence-corrected chi connectivity index (χ2v) is 4.22. The predicted octanol–water partition coefficient (Wildman–Crippen LogP) is 1.61. The van der Waals surface area contributed by atoms with E-state index in [4.69, 9.17) is 5.73 Å². The smallest absolute Gasteiger partial charge is 0.149 e. The number of rotatable bonds is 0. The molecular weight excluding hydrogens is 150 g/mol. The predicted molar refractivity (Wildman–Crippen MR) is 51.1 cm³/mol. The van der Waals surface area contributed by atoms with Crippen molar-refractivity contribution in [3.05, 3.63) is 11.3 Å². The summed E-state index contributed by atoms with van der Waals surface area (Å²) in [5.74, 6) is 0.655. The van der Waals surface area contributed by atoms with Crippen LogP contribution in [0.5, 0.6) is 0 Å². The third-order valence-corrected chi connectivity index (χ3v) is 2.11. The highest BCUT2D eigenvalue weighted by Gasteiger charge is 2.22. The van der Waals surface area contributed by atoms with Crippen LogP contribution in [-0.2, 0) is 12.5 Å². The lowest BCUT2D eigenvalue weighted by Crippen LogP contribution is -2.14. The van der Waals surface area contributed by atoms with Crippen LogP contribution < -0.4 is 5.73 Å². The molecule has 1 aromatic heterocycles. The highest BCUT2D eigenvalue weighted by Crippen LogP contribution is 2.29. The van der Waals surface area contributed by atoms with Crippen molar-refractivity contribution in [2.24, 2.45) is 7.05 Å². The van der Waals surface area contributed by atoms with Gasteiger partial charge in [-0.25, -0.2) is 0 Å². The Morgan fingerprint density at radius 2 is 1.83 bits per heavy atom. The molecule has 0 amide bonds. The van der Waals surface area contributed by atoms with Gasteiger partial charge in [-0.2, -0.15) is 5.10 Å². The van der Waals surface area contributed by atoms with E-state index in [1.54, 1.807) is 0 Å². The number of hydrogen-bond donors (Lipinski definition) is 1. The summed E-state index contributed by atoms with van der Waals surface area (Å²) >= 11 is 0. The maximum atomic E-state index is 5.80. The summed E-state index contributed by atoms with van der Waals surface area (Å²) < 4.78 is 1.83. The van der Waals surface area contributed by atoms with E-state index in [0.717, 1.165) is 11.3 Å². The number of nitrogens with two attached hydrogens (primary N) is 1. The zero-order valence-corrected chi connectivity index (χ0v) is 8.47. The molecule has 0 bridgehead atoms. The fraction of sp³-hybridized carbons (Fsp3) is 0.667. The Hall–Kier alpha value is -0.990. The maximum absolute atomic E-state index is 5.80. The molecule has 1 heterocycles. The van der Waals surface area contributed by atoms with Gasteiger partial charge in [-0.05, 0) is 12.3 Å². The SMILES string of the molecule is Cc1c(C(C)(C)C)c(N)nn1C. The fourth-order valence-electron chi connectivity index (χ4n) is 1.56. The summed E-state index contributed by atoms with van der Waals surface area (Å²) in [6.45, 7) is 8.48. The van der Waals surface area contributed by atoms with E-state index in [1.807, 2.05) is 18.7 Å². The first-order valence-corrected chi connectivity index (χ1v) is 4.13. The molecule has 2 N–H and O–H groups in total. The van der Waals surface area contributed by atoms with E-state index in [0.29, 0.717) is 5.82 Å². The summed E-state index contributed by atoms with van der Waals surface area (Å²) in [6, 6.07) is 0. The first-order valence-electron chi connectivity index (χ1n) is 4.13. The van der Waals surface area contributed by atoms with Gasteiger partial charge in [0.1, 0.15) is 5.82 Å². The number of nitrogen functional groups attached to an aromatic ring is 1. The molecule has 3 nitrogen and oxygen atoms in total. The van der Waals surface area contributed by atoms with E-state index >= 15 is 0 Å². The average Bonchev–Trinajstić information content (AvgIpc) is 2.05. The van der Waals surface area contributed by atoms with Crippen molar-refractivity contribution in [2.45, 2.75) is 33.1 Å². The standard InChI is InChI=1S/C9H17N3/c1-6-7(9(2,3)4)8(10)11-12(6)5/h1-5H3,(H2,10,11). The van der Waals surface area contributed by atoms with Crippen LogP contribution in [0.3, 0.4) is 0 Å². The summed E-state index contributed by atoms with van der Waals surface area (Å²) in [6.07, 6.45) is 0. The van der Waals surface area contributed by atoms with E-state index in [1.165, 1.54) is 0 Å². The summed E-state index contributed by atoms with van der Waals surface area (Å²) in [5, 5.41) is 4.17. The van der Waals surface area contributed by atoms with Crippen molar-refractivity contribution < 1.29 is 0 Å². The molecule has 0 aliphatic rings. The highest BCUT2D eigenvalue weighted by atomic mass is 15.3. The lowest BCUT2D eigenvalue weighted by Gasteiger charge is -2.18. The molecule has 1 aromatic rings. The summed E-state index contributed by atoms with van der Waals surface area (Å²) in [4.78, 5) is 0. The Labute approximate surface area is 73.6 Å². The van der Waals surface area contributed by atoms with E-state index < -0.39 is 0 Å². The van der Waals surface area contributed by atoms with Gasteiger partial charge in [-0.15, -0.1) is 0 Å². The molecular formula is C9H17N3. The summed E-state index contributed by atoms with van der Waals surface area (Å²) in [7, 11) is 1.92. The average molecular weight is 167 g/mol. The molecule has 0 aliphatic carbocycles. The zero-order valence-electron chi connectivity index (χ0n) is 8.47. The topological polar surface area (TPSA) is 43.8 Å². The number of aryl methyl sites for hydroxylation is 1. The zero-order chi connectivity index (χ0) is 9.52. The van der Waals surface area contributed by atoms with Crippen molar-refractivity contribution in [2.75, 3.05) is 5.73 Å². The molecule has 0 spiro atoms. The number of hydrogen-bond acceptors (Lipinski definition) is 2. The molecule has 0 radical (unpaired) electrons. The molecule has 1 rings (SSSR count). The van der Waals surface area contributed by atoms with Crippen LogP contribution in [0, 0.1) is 6.92 Å². The monoisotopic (exact) mass is 167 g/mol. The van der Waals surface area contributed by atoms with Crippen molar-refractivity contribution >= 4 is 5.82 Å². The molecule has 0 atom stereocenters. The van der Waals surface area contributed by atoms with Crippen LogP contribution in [0.4, 0.5) is 5.82 Å². The normalized spacial score (nSPS) is 12.1. The Kier molecular flexibility index (Phi) is 1.90. The van der Waals surface area contributed by atoms with Gasteiger partial charge < -0.3 is 5.73 Å². The minimum Gasteiger partial charge on any atom is -0.382 e. The molecule has 0 aliphatic heterocycles. The van der Waals surface area contributed by atoms with Crippen LogP contribution >= 0.6 is 0 Å². The van der Waals surface area contributed by atoms with Gasteiger partial charge in [-0.3, -0.25) is 4.68 Å². The quantitative estimate of drug-likeness (QED) is 0.638. The molecule has 0 aromatic carbocycles. The highest BCUT2D eigenvalue weighted by molar-refractivity contribution is 5.46. The second-order valence-electron chi connectivity index (χ2n) is 4.22. The van der Waals surface area contributed by atoms with Gasteiger partial charge in [0.05, 0.1) is 0 Å². The van der Waals surface area contributed by atoms with Crippen molar-refractivity contribution in [1.82, 2.24) is 9.78 Å². The van der Waals surface area contributed by atoms with Crippen LogP contribution in [0.25, 0.3) is 0 Å². The molecule has 0 saturated carbocycles. The Morgan fingerprint density at radius 3 is 2.00 bits per heavy atom.